The van der Waals surface area contributed by atoms with Crippen LogP contribution in [0, 0.1) is 13.8 Å². The number of rotatable bonds is 5. The van der Waals surface area contributed by atoms with Gasteiger partial charge in [0.25, 0.3) is 5.91 Å². The van der Waals surface area contributed by atoms with E-state index in [0.717, 1.165) is 9.75 Å². The summed E-state index contributed by atoms with van der Waals surface area (Å²) < 4.78 is 10.4. The van der Waals surface area contributed by atoms with E-state index in [1.807, 2.05) is 13.8 Å². The van der Waals surface area contributed by atoms with Crippen molar-refractivity contribution in [2.45, 2.75) is 26.9 Å². The average molecular weight is 368 g/mol. The van der Waals surface area contributed by atoms with Gasteiger partial charge in [0.2, 0.25) is 0 Å². The van der Waals surface area contributed by atoms with Gasteiger partial charge in [-0.3, -0.25) is 4.79 Å². The number of halogens is 1. The topological polar surface area (TPSA) is 64.6 Å². The SMILES string of the molecule is COc1ccc(Cl)cc1NC(=O)[C@H](C)OC(=O)c1cc(C)sc1C. The van der Waals surface area contributed by atoms with Crippen LogP contribution in [0.2, 0.25) is 5.02 Å². The van der Waals surface area contributed by atoms with Crippen molar-refractivity contribution in [3.05, 3.63) is 44.6 Å². The molecule has 0 bridgehead atoms. The van der Waals surface area contributed by atoms with Crippen molar-refractivity contribution in [1.82, 2.24) is 0 Å². The largest absolute Gasteiger partial charge is 0.495 e. The van der Waals surface area contributed by atoms with Gasteiger partial charge in [0.15, 0.2) is 6.10 Å². The first-order chi connectivity index (χ1) is 11.3. The Labute approximate surface area is 149 Å². The minimum atomic E-state index is -0.958. The van der Waals surface area contributed by atoms with Crippen LogP contribution in [0.5, 0.6) is 5.75 Å². The van der Waals surface area contributed by atoms with Crippen molar-refractivity contribution in [3.8, 4) is 5.75 Å². The van der Waals surface area contributed by atoms with Gasteiger partial charge >= 0.3 is 5.97 Å². The summed E-state index contributed by atoms with van der Waals surface area (Å²) in [6.07, 6.45) is -0.958. The van der Waals surface area contributed by atoms with Crippen LogP contribution in [-0.2, 0) is 9.53 Å². The van der Waals surface area contributed by atoms with Crippen molar-refractivity contribution in [2.24, 2.45) is 0 Å². The van der Waals surface area contributed by atoms with E-state index in [-0.39, 0.29) is 0 Å². The lowest BCUT2D eigenvalue weighted by molar-refractivity contribution is -0.123. The molecule has 0 aliphatic heterocycles. The zero-order valence-electron chi connectivity index (χ0n) is 13.8. The number of nitrogens with one attached hydrogen (secondary N) is 1. The Bertz CT molecular complexity index is 772. The van der Waals surface area contributed by atoms with E-state index < -0.39 is 18.0 Å². The molecule has 5 nitrogen and oxygen atoms in total. The zero-order valence-corrected chi connectivity index (χ0v) is 15.4. The summed E-state index contributed by atoms with van der Waals surface area (Å²) in [4.78, 5) is 26.3. The van der Waals surface area contributed by atoms with Crippen LogP contribution in [0.4, 0.5) is 5.69 Å². The van der Waals surface area contributed by atoms with Crippen LogP contribution in [0.25, 0.3) is 0 Å². The molecule has 0 saturated carbocycles. The monoisotopic (exact) mass is 367 g/mol. The normalized spacial score (nSPS) is 11.7. The van der Waals surface area contributed by atoms with Crippen molar-refractivity contribution < 1.29 is 19.1 Å². The highest BCUT2D eigenvalue weighted by molar-refractivity contribution is 7.12. The van der Waals surface area contributed by atoms with Gasteiger partial charge in [-0.1, -0.05) is 11.6 Å². The number of hydrogen-bond acceptors (Lipinski definition) is 5. The van der Waals surface area contributed by atoms with Gasteiger partial charge in [-0.25, -0.2) is 4.79 Å². The lowest BCUT2D eigenvalue weighted by Crippen LogP contribution is -2.30. The molecule has 2 aromatic rings. The third-order valence-corrected chi connectivity index (χ3v) is 4.53. The molecule has 0 aliphatic carbocycles. The van der Waals surface area contributed by atoms with Crippen LogP contribution < -0.4 is 10.1 Å². The van der Waals surface area contributed by atoms with Gasteiger partial charge in [-0.05, 0) is 45.0 Å². The van der Waals surface area contributed by atoms with Crippen LogP contribution in [0.3, 0.4) is 0 Å². The van der Waals surface area contributed by atoms with Gasteiger partial charge in [-0.15, -0.1) is 11.3 Å². The van der Waals surface area contributed by atoms with Crippen LogP contribution >= 0.6 is 22.9 Å². The minimum Gasteiger partial charge on any atom is -0.495 e. The number of methoxy groups -OCH3 is 1. The Hall–Kier alpha value is -2.05. The highest BCUT2D eigenvalue weighted by Gasteiger charge is 2.22. The maximum atomic E-state index is 12.3. The summed E-state index contributed by atoms with van der Waals surface area (Å²) >= 11 is 7.44. The number of benzene rings is 1. The highest BCUT2D eigenvalue weighted by atomic mass is 35.5. The molecule has 24 heavy (non-hydrogen) atoms. The highest BCUT2D eigenvalue weighted by Crippen LogP contribution is 2.28. The van der Waals surface area contributed by atoms with E-state index in [4.69, 9.17) is 21.1 Å². The first kappa shape index (κ1) is 18.3. The van der Waals surface area contributed by atoms with Crippen molar-refractivity contribution >= 4 is 40.5 Å². The molecule has 0 fully saturated rings. The summed E-state index contributed by atoms with van der Waals surface area (Å²) in [5, 5.41) is 3.11. The molecule has 1 aromatic heterocycles. The van der Waals surface area contributed by atoms with Crippen molar-refractivity contribution in [2.75, 3.05) is 12.4 Å². The van der Waals surface area contributed by atoms with Gasteiger partial charge in [0.1, 0.15) is 5.75 Å². The molecule has 0 saturated heterocycles. The molecule has 1 atom stereocenters. The quantitative estimate of drug-likeness (QED) is 0.804. The third-order valence-electron chi connectivity index (χ3n) is 3.33. The summed E-state index contributed by atoms with van der Waals surface area (Å²) in [5.41, 5.74) is 0.901. The average Bonchev–Trinajstić information content (AvgIpc) is 2.86. The Kier molecular flexibility index (Phi) is 5.85. The summed E-state index contributed by atoms with van der Waals surface area (Å²) in [6.45, 7) is 5.27. The maximum absolute atomic E-state index is 12.3. The Morgan fingerprint density at radius 2 is 1.96 bits per heavy atom. The number of thiophene rings is 1. The summed E-state index contributed by atoms with van der Waals surface area (Å²) in [6, 6.07) is 6.62. The van der Waals surface area contributed by atoms with Gasteiger partial charge in [0.05, 0.1) is 18.4 Å². The number of carbonyl (C=O) groups is 2. The zero-order chi connectivity index (χ0) is 17.9. The molecule has 0 spiro atoms. The molecule has 128 valence electrons. The fraction of sp³-hybridized carbons (Fsp3) is 0.294. The van der Waals surface area contributed by atoms with E-state index in [1.165, 1.54) is 25.4 Å². The predicted molar refractivity (Wildman–Crippen MR) is 95.3 cm³/mol. The molecular formula is C17H18ClNO4S. The number of carbonyl (C=O) groups excluding carboxylic acids is 2. The first-order valence-electron chi connectivity index (χ1n) is 7.24. The number of ether oxygens (including phenoxy) is 2. The van der Waals surface area contributed by atoms with E-state index in [0.29, 0.717) is 22.0 Å². The van der Waals surface area contributed by atoms with Gasteiger partial charge in [-0.2, -0.15) is 0 Å². The lowest BCUT2D eigenvalue weighted by atomic mass is 10.2. The Morgan fingerprint density at radius 1 is 1.25 bits per heavy atom. The maximum Gasteiger partial charge on any atom is 0.340 e. The van der Waals surface area contributed by atoms with Crippen LogP contribution in [0.1, 0.15) is 27.0 Å². The second-order valence-electron chi connectivity index (χ2n) is 5.21. The Balaban J connectivity index is 2.06. The number of esters is 1. The van der Waals surface area contributed by atoms with E-state index in [9.17, 15) is 9.59 Å². The fourth-order valence-corrected chi connectivity index (χ4v) is 3.21. The number of anilines is 1. The third kappa shape index (κ3) is 4.27. The van der Waals surface area contributed by atoms with Crippen LogP contribution in [0.15, 0.2) is 24.3 Å². The lowest BCUT2D eigenvalue weighted by Gasteiger charge is -2.15. The smallest absolute Gasteiger partial charge is 0.340 e. The van der Waals surface area contributed by atoms with Crippen LogP contribution in [-0.4, -0.2) is 25.1 Å². The van der Waals surface area contributed by atoms with E-state index in [1.54, 1.807) is 24.3 Å². The molecule has 1 amide bonds. The molecule has 7 heteroatoms. The number of amides is 1. The molecule has 2 rings (SSSR count). The molecule has 0 unspecified atom stereocenters. The molecule has 0 radical (unpaired) electrons. The molecule has 1 aromatic carbocycles. The number of aryl methyl sites for hydroxylation is 2. The predicted octanol–water partition coefficient (Wildman–Crippen LogP) is 4.21. The minimum absolute atomic E-state index is 0.417. The molecule has 1 N–H and O–H groups in total. The second-order valence-corrected chi connectivity index (χ2v) is 7.11. The molecule has 1 heterocycles. The standard InChI is InChI=1S/C17H18ClNO4S/c1-9-7-13(11(3)24-9)17(21)23-10(2)16(20)19-14-8-12(18)5-6-15(14)22-4/h5-8,10H,1-4H3,(H,19,20)/t10-/m0/s1. The molecule has 0 aliphatic rings. The first-order valence-corrected chi connectivity index (χ1v) is 8.43. The van der Waals surface area contributed by atoms with E-state index >= 15 is 0 Å². The number of hydrogen-bond donors (Lipinski definition) is 1. The van der Waals surface area contributed by atoms with Crippen molar-refractivity contribution in [3.63, 3.8) is 0 Å². The Morgan fingerprint density at radius 3 is 2.54 bits per heavy atom. The summed E-state index contributed by atoms with van der Waals surface area (Å²) in [7, 11) is 1.49. The summed E-state index contributed by atoms with van der Waals surface area (Å²) in [5.74, 6) is -0.512. The van der Waals surface area contributed by atoms with Gasteiger partial charge < -0.3 is 14.8 Å². The molecular weight excluding hydrogens is 350 g/mol. The second kappa shape index (κ2) is 7.68. The van der Waals surface area contributed by atoms with Gasteiger partial charge in [0, 0.05) is 14.8 Å². The van der Waals surface area contributed by atoms with E-state index in [2.05, 4.69) is 5.32 Å². The fourth-order valence-electron chi connectivity index (χ4n) is 2.12. The van der Waals surface area contributed by atoms with Crippen molar-refractivity contribution in [1.29, 1.82) is 0 Å².